The third kappa shape index (κ3) is 5.57. The first kappa shape index (κ1) is 15.9. The lowest BCUT2D eigenvalue weighted by Crippen LogP contribution is -2.43. The van der Waals surface area contributed by atoms with Crippen molar-refractivity contribution in [1.29, 1.82) is 0 Å². The molecule has 3 atom stereocenters. The molecular formula is C13H24N2O4. The van der Waals surface area contributed by atoms with Gasteiger partial charge in [0.05, 0.1) is 0 Å². The normalized spacial score (nSPS) is 22.5. The van der Waals surface area contributed by atoms with Crippen molar-refractivity contribution in [1.82, 2.24) is 10.6 Å². The van der Waals surface area contributed by atoms with Crippen LogP contribution >= 0.6 is 0 Å². The van der Waals surface area contributed by atoms with Crippen molar-refractivity contribution in [2.24, 2.45) is 11.8 Å². The number of carboxylic acids is 1. The molecule has 1 amide bonds. The van der Waals surface area contributed by atoms with Crippen LogP contribution in [0.5, 0.6) is 0 Å². The molecule has 0 spiro atoms. The summed E-state index contributed by atoms with van der Waals surface area (Å²) in [6.07, 6.45) is 2.61. The molecule has 6 heteroatoms. The average molecular weight is 272 g/mol. The first-order valence-corrected chi connectivity index (χ1v) is 6.88. The molecule has 0 bridgehead atoms. The fourth-order valence-corrected chi connectivity index (χ4v) is 2.46. The number of aliphatic carboxylic acids is 1. The number of carboxylic acid groups (broad SMARTS) is 1. The lowest BCUT2D eigenvalue weighted by atomic mass is 9.85. The molecule has 0 aromatic carbocycles. The Morgan fingerprint density at radius 3 is 2.74 bits per heavy atom. The highest BCUT2D eigenvalue weighted by Gasteiger charge is 2.24. The van der Waals surface area contributed by atoms with Gasteiger partial charge in [0, 0.05) is 19.4 Å². The maximum Gasteiger partial charge on any atom is 0.326 e. The molecule has 2 unspecified atom stereocenters. The Bertz CT molecular complexity index is 303. The van der Waals surface area contributed by atoms with E-state index in [1.807, 2.05) is 6.92 Å². The van der Waals surface area contributed by atoms with Gasteiger partial charge in [-0.25, -0.2) is 4.79 Å². The third-order valence-corrected chi connectivity index (χ3v) is 3.70. The van der Waals surface area contributed by atoms with Gasteiger partial charge < -0.3 is 20.8 Å². The zero-order valence-electron chi connectivity index (χ0n) is 11.4. The van der Waals surface area contributed by atoms with Gasteiger partial charge in [0.15, 0.2) is 0 Å². The van der Waals surface area contributed by atoms with Crippen molar-refractivity contribution in [3.05, 3.63) is 0 Å². The molecule has 0 aromatic rings. The second-order valence-electron chi connectivity index (χ2n) is 5.26. The van der Waals surface area contributed by atoms with Crippen LogP contribution in [0.2, 0.25) is 0 Å². The Labute approximate surface area is 113 Å². The average Bonchev–Trinajstić information content (AvgIpc) is 2.39. The summed E-state index contributed by atoms with van der Waals surface area (Å²) in [5.74, 6) is -0.648. The second-order valence-corrected chi connectivity index (χ2v) is 5.26. The minimum absolute atomic E-state index is 0.0421. The van der Waals surface area contributed by atoms with Crippen molar-refractivity contribution < 1.29 is 19.8 Å². The van der Waals surface area contributed by atoms with Crippen LogP contribution in [0.25, 0.3) is 0 Å². The lowest BCUT2D eigenvalue weighted by Gasteiger charge is -2.28. The number of amides is 1. The number of piperidine rings is 1. The smallest absolute Gasteiger partial charge is 0.326 e. The Hall–Kier alpha value is -1.14. The molecule has 1 aliphatic heterocycles. The molecule has 1 saturated heterocycles. The number of aliphatic hydroxyl groups is 1. The van der Waals surface area contributed by atoms with E-state index < -0.39 is 12.0 Å². The number of aliphatic hydroxyl groups excluding tert-OH is 1. The standard InChI is InChI=1S/C13H24N2O4/c1-9(10-3-2-5-14-8-10)7-12(17)15-11(4-6-16)13(18)19/h9-11,14,16H,2-8H2,1H3,(H,15,17)(H,18,19)/t9?,10?,11-/m0/s1. The van der Waals surface area contributed by atoms with Crippen LogP contribution < -0.4 is 10.6 Å². The molecule has 1 heterocycles. The van der Waals surface area contributed by atoms with Gasteiger partial charge in [-0.3, -0.25) is 4.79 Å². The molecule has 0 aromatic heterocycles. The third-order valence-electron chi connectivity index (χ3n) is 3.70. The Kier molecular flexibility index (Phi) is 6.80. The van der Waals surface area contributed by atoms with Crippen LogP contribution in [0, 0.1) is 11.8 Å². The van der Waals surface area contributed by atoms with Crippen molar-refractivity contribution in [2.45, 2.75) is 38.6 Å². The fraction of sp³-hybridized carbons (Fsp3) is 0.846. The SMILES string of the molecule is CC(CC(=O)N[C@@H](CCO)C(=O)O)C1CCCNC1. The molecule has 1 rings (SSSR count). The van der Waals surface area contributed by atoms with Gasteiger partial charge >= 0.3 is 5.97 Å². The van der Waals surface area contributed by atoms with Crippen LogP contribution in [0.4, 0.5) is 0 Å². The van der Waals surface area contributed by atoms with Crippen molar-refractivity contribution in [3.8, 4) is 0 Å². The summed E-state index contributed by atoms with van der Waals surface area (Å²) in [5, 5.41) is 23.4. The maximum absolute atomic E-state index is 11.8. The Morgan fingerprint density at radius 2 is 2.21 bits per heavy atom. The van der Waals surface area contributed by atoms with Gasteiger partial charge in [0.25, 0.3) is 0 Å². The molecule has 0 radical (unpaired) electrons. The molecular weight excluding hydrogens is 248 g/mol. The second kappa shape index (κ2) is 8.12. The van der Waals surface area contributed by atoms with Crippen LogP contribution in [0.3, 0.4) is 0 Å². The molecule has 1 fully saturated rings. The van der Waals surface area contributed by atoms with Crippen LogP contribution in [-0.2, 0) is 9.59 Å². The van der Waals surface area contributed by atoms with Gasteiger partial charge in [0.2, 0.25) is 5.91 Å². The highest BCUT2D eigenvalue weighted by molar-refractivity contribution is 5.83. The molecule has 1 aliphatic rings. The van der Waals surface area contributed by atoms with Crippen molar-refractivity contribution in [3.63, 3.8) is 0 Å². The Morgan fingerprint density at radius 1 is 1.47 bits per heavy atom. The van der Waals surface area contributed by atoms with Gasteiger partial charge in [-0.15, -0.1) is 0 Å². The van der Waals surface area contributed by atoms with E-state index in [9.17, 15) is 9.59 Å². The predicted octanol–water partition coefficient (Wildman–Crippen LogP) is -0.0360. The van der Waals surface area contributed by atoms with E-state index in [2.05, 4.69) is 10.6 Å². The number of carbonyl (C=O) groups excluding carboxylic acids is 1. The van der Waals surface area contributed by atoms with E-state index in [0.29, 0.717) is 12.3 Å². The molecule has 6 nitrogen and oxygen atoms in total. The highest BCUT2D eigenvalue weighted by atomic mass is 16.4. The van der Waals surface area contributed by atoms with E-state index in [-0.39, 0.29) is 24.9 Å². The summed E-state index contributed by atoms with van der Waals surface area (Å²) >= 11 is 0. The summed E-state index contributed by atoms with van der Waals surface area (Å²) in [4.78, 5) is 22.7. The molecule has 4 N–H and O–H groups in total. The molecule has 110 valence electrons. The zero-order valence-corrected chi connectivity index (χ0v) is 11.4. The predicted molar refractivity (Wildman–Crippen MR) is 70.6 cm³/mol. The number of nitrogens with one attached hydrogen (secondary N) is 2. The molecule has 0 saturated carbocycles. The summed E-state index contributed by atoms with van der Waals surface area (Å²) in [6, 6.07) is -0.991. The minimum Gasteiger partial charge on any atom is -0.480 e. The Balaban J connectivity index is 2.38. The molecule has 19 heavy (non-hydrogen) atoms. The van der Waals surface area contributed by atoms with Crippen molar-refractivity contribution >= 4 is 11.9 Å². The van der Waals surface area contributed by atoms with Gasteiger partial charge in [-0.1, -0.05) is 6.92 Å². The first-order chi connectivity index (χ1) is 9.04. The van der Waals surface area contributed by atoms with E-state index in [1.54, 1.807) is 0 Å². The molecule has 0 aliphatic carbocycles. The summed E-state index contributed by atoms with van der Waals surface area (Å²) in [5.41, 5.74) is 0. The topological polar surface area (TPSA) is 98.7 Å². The zero-order chi connectivity index (χ0) is 14.3. The van der Waals surface area contributed by atoms with Gasteiger partial charge in [0.1, 0.15) is 6.04 Å². The number of rotatable bonds is 7. The minimum atomic E-state index is -1.10. The van der Waals surface area contributed by atoms with Gasteiger partial charge in [-0.2, -0.15) is 0 Å². The van der Waals surface area contributed by atoms with E-state index in [4.69, 9.17) is 10.2 Å². The largest absolute Gasteiger partial charge is 0.480 e. The summed E-state index contributed by atoms with van der Waals surface area (Å²) in [7, 11) is 0. The van der Waals surface area contributed by atoms with E-state index in [0.717, 1.165) is 25.9 Å². The van der Waals surface area contributed by atoms with Crippen LogP contribution in [-0.4, -0.2) is 47.8 Å². The van der Waals surface area contributed by atoms with E-state index in [1.165, 1.54) is 0 Å². The number of hydrogen-bond donors (Lipinski definition) is 4. The quantitative estimate of drug-likeness (QED) is 0.521. The van der Waals surface area contributed by atoms with Crippen molar-refractivity contribution in [2.75, 3.05) is 19.7 Å². The monoisotopic (exact) mass is 272 g/mol. The number of hydrogen-bond acceptors (Lipinski definition) is 4. The number of carbonyl (C=O) groups is 2. The van der Waals surface area contributed by atoms with Crippen LogP contribution in [0.15, 0.2) is 0 Å². The highest BCUT2D eigenvalue weighted by Crippen LogP contribution is 2.22. The van der Waals surface area contributed by atoms with E-state index >= 15 is 0 Å². The summed E-state index contributed by atoms with van der Waals surface area (Å²) < 4.78 is 0. The first-order valence-electron chi connectivity index (χ1n) is 6.88. The lowest BCUT2D eigenvalue weighted by molar-refractivity contribution is -0.142. The van der Waals surface area contributed by atoms with Crippen LogP contribution in [0.1, 0.15) is 32.6 Å². The maximum atomic E-state index is 11.8. The fourth-order valence-electron chi connectivity index (χ4n) is 2.46. The summed E-state index contributed by atoms with van der Waals surface area (Å²) in [6.45, 7) is 3.73. The van der Waals surface area contributed by atoms with Gasteiger partial charge in [-0.05, 0) is 37.8 Å².